The van der Waals surface area contributed by atoms with Crippen molar-refractivity contribution in [2.75, 3.05) is 7.11 Å². The van der Waals surface area contributed by atoms with Gasteiger partial charge < -0.3 is 20.3 Å². The Morgan fingerprint density at radius 3 is 2.44 bits per heavy atom. The summed E-state index contributed by atoms with van der Waals surface area (Å²) in [5.74, 6) is -1.67. The van der Waals surface area contributed by atoms with Crippen molar-refractivity contribution in [3.05, 3.63) is 64.7 Å². The SMILES string of the molecule is COc1cc([C@H]2NC(=O)C(=O)C2=C(O)c2ccc(C)cc2)ccc1O. The van der Waals surface area contributed by atoms with Crippen molar-refractivity contribution < 1.29 is 24.5 Å². The number of hydrogen-bond acceptors (Lipinski definition) is 5. The molecule has 0 unspecified atom stereocenters. The maximum Gasteiger partial charge on any atom is 0.293 e. The van der Waals surface area contributed by atoms with Crippen LogP contribution in [0.4, 0.5) is 0 Å². The van der Waals surface area contributed by atoms with E-state index in [0.29, 0.717) is 11.1 Å². The second-order valence-corrected chi connectivity index (χ2v) is 5.80. The predicted octanol–water partition coefficient (Wildman–Crippen LogP) is 2.42. The van der Waals surface area contributed by atoms with Crippen LogP contribution in [0, 0.1) is 6.92 Å². The number of benzene rings is 2. The van der Waals surface area contributed by atoms with E-state index in [-0.39, 0.29) is 22.8 Å². The van der Waals surface area contributed by atoms with E-state index in [0.717, 1.165) is 5.56 Å². The zero-order chi connectivity index (χ0) is 18.1. The van der Waals surface area contributed by atoms with Gasteiger partial charge in [0.25, 0.3) is 11.7 Å². The minimum Gasteiger partial charge on any atom is -0.507 e. The van der Waals surface area contributed by atoms with Crippen molar-refractivity contribution in [3.8, 4) is 11.5 Å². The van der Waals surface area contributed by atoms with Gasteiger partial charge in [-0.05, 0) is 24.6 Å². The summed E-state index contributed by atoms with van der Waals surface area (Å²) in [6, 6.07) is 10.6. The van der Waals surface area contributed by atoms with E-state index in [1.54, 1.807) is 30.3 Å². The molecule has 6 heteroatoms. The van der Waals surface area contributed by atoms with Crippen LogP contribution in [0.5, 0.6) is 11.5 Å². The topological polar surface area (TPSA) is 95.9 Å². The molecule has 2 aromatic rings. The molecule has 0 aromatic heterocycles. The van der Waals surface area contributed by atoms with Gasteiger partial charge in [-0.15, -0.1) is 0 Å². The molecule has 1 atom stereocenters. The molecular weight excluding hydrogens is 322 g/mol. The Balaban J connectivity index is 2.12. The van der Waals surface area contributed by atoms with E-state index in [9.17, 15) is 19.8 Å². The summed E-state index contributed by atoms with van der Waals surface area (Å²) in [5, 5.41) is 22.9. The summed E-state index contributed by atoms with van der Waals surface area (Å²) in [6.07, 6.45) is 0. The fourth-order valence-electron chi connectivity index (χ4n) is 2.76. The van der Waals surface area contributed by atoms with Crippen LogP contribution in [0.2, 0.25) is 0 Å². The normalized spacial score (nSPS) is 18.9. The highest BCUT2D eigenvalue weighted by Gasteiger charge is 2.39. The van der Waals surface area contributed by atoms with Gasteiger partial charge in [-0.25, -0.2) is 0 Å². The number of rotatable bonds is 3. The van der Waals surface area contributed by atoms with Crippen molar-refractivity contribution in [3.63, 3.8) is 0 Å². The van der Waals surface area contributed by atoms with Crippen molar-refractivity contribution in [1.82, 2.24) is 5.32 Å². The lowest BCUT2D eigenvalue weighted by Gasteiger charge is -2.15. The molecule has 1 fully saturated rings. The Hall–Kier alpha value is -3.28. The Labute approximate surface area is 144 Å². The zero-order valence-electron chi connectivity index (χ0n) is 13.7. The number of aromatic hydroxyl groups is 1. The molecule has 1 amide bonds. The molecule has 1 aliphatic rings. The first-order chi connectivity index (χ1) is 11.9. The quantitative estimate of drug-likeness (QED) is 0.453. The van der Waals surface area contributed by atoms with Gasteiger partial charge >= 0.3 is 0 Å². The number of aryl methyl sites for hydroxylation is 1. The lowest BCUT2D eigenvalue weighted by molar-refractivity contribution is -0.133. The van der Waals surface area contributed by atoms with Gasteiger partial charge in [-0.1, -0.05) is 35.9 Å². The number of nitrogens with one attached hydrogen (secondary N) is 1. The Morgan fingerprint density at radius 1 is 1.12 bits per heavy atom. The summed E-state index contributed by atoms with van der Waals surface area (Å²) >= 11 is 0. The fraction of sp³-hybridized carbons (Fsp3) is 0.158. The molecule has 0 aliphatic carbocycles. The van der Waals surface area contributed by atoms with E-state index >= 15 is 0 Å². The van der Waals surface area contributed by atoms with E-state index in [2.05, 4.69) is 5.32 Å². The van der Waals surface area contributed by atoms with Crippen molar-refractivity contribution >= 4 is 17.4 Å². The van der Waals surface area contributed by atoms with E-state index in [1.165, 1.54) is 19.2 Å². The lowest BCUT2D eigenvalue weighted by atomic mass is 9.95. The monoisotopic (exact) mass is 339 g/mol. The summed E-state index contributed by atoms with van der Waals surface area (Å²) < 4.78 is 5.07. The smallest absolute Gasteiger partial charge is 0.293 e. The second-order valence-electron chi connectivity index (χ2n) is 5.80. The number of aliphatic hydroxyl groups is 1. The van der Waals surface area contributed by atoms with Crippen molar-refractivity contribution in [2.24, 2.45) is 0 Å². The van der Waals surface area contributed by atoms with Crippen LogP contribution >= 0.6 is 0 Å². The van der Waals surface area contributed by atoms with Gasteiger partial charge in [0.1, 0.15) is 5.76 Å². The molecule has 1 aliphatic heterocycles. The number of ether oxygens (including phenoxy) is 1. The lowest BCUT2D eigenvalue weighted by Crippen LogP contribution is -2.21. The number of phenols is 1. The molecular formula is C19H17NO5. The molecule has 128 valence electrons. The molecule has 3 rings (SSSR count). The maximum atomic E-state index is 12.3. The van der Waals surface area contributed by atoms with Gasteiger partial charge in [-0.2, -0.15) is 0 Å². The number of phenolic OH excluding ortho intramolecular Hbond substituents is 1. The molecule has 0 bridgehead atoms. The van der Waals surface area contributed by atoms with Crippen LogP contribution in [0.15, 0.2) is 48.0 Å². The Kier molecular flexibility index (Phi) is 4.19. The fourth-order valence-corrected chi connectivity index (χ4v) is 2.76. The average Bonchev–Trinajstić information content (AvgIpc) is 2.90. The summed E-state index contributed by atoms with van der Waals surface area (Å²) in [7, 11) is 1.40. The van der Waals surface area contributed by atoms with Crippen LogP contribution in [0.25, 0.3) is 5.76 Å². The van der Waals surface area contributed by atoms with Gasteiger partial charge in [-0.3, -0.25) is 9.59 Å². The first-order valence-electron chi connectivity index (χ1n) is 7.64. The van der Waals surface area contributed by atoms with Gasteiger partial charge in [0.15, 0.2) is 11.5 Å². The molecule has 0 radical (unpaired) electrons. The highest BCUT2D eigenvalue weighted by molar-refractivity contribution is 6.46. The van der Waals surface area contributed by atoms with Crippen LogP contribution in [0.3, 0.4) is 0 Å². The number of Topliss-reactive ketones (excluding diaryl/α,β-unsaturated/α-hetero) is 1. The van der Waals surface area contributed by atoms with E-state index < -0.39 is 17.7 Å². The highest BCUT2D eigenvalue weighted by atomic mass is 16.5. The first kappa shape index (κ1) is 16.6. The third kappa shape index (κ3) is 2.94. The third-order valence-corrected chi connectivity index (χ3v) is 4.13. The number of amides is 1. The van der Waals surface area contributed by atoms with Gasteiger partial charge in [0, 0.05) is 5.56 Å². The number of carbonyl (C=O) groups excluding carboxylic acids is 2. The van der Waals surface area contributed by atoms with Gasteiger partial charge in [0.05, 0.1) is 18.7 Å². The van der Waals surface area contributed by atoms with Crippen molar-refractivity contribution in [1.29, 1.82) is 0 Å². The van der Waals surface area contributed by atoms with Crippen LogP contribution in [-0.4, -0.2) is 29.0 Å². The largest absolute Gasteiger partial charge is 0.507 e. The predicted molar refractivity (Wildman–Crippen MR) is 91.3 cm³/mol. The van der Waals surface area contributed by atoms with E-state index in [4.69, 9.17) is 4.74 Å². The molecule has 3 N–H and O–H groups in total. The zero-order valence-corrected chi connectivity index (χ0v) is 13.7. The molecule has 2 aromatic carbocycles. The molecule has 0 saturated carbocycles. The van der Waals surface area contributed by atoms with Gasteiger partial charge in [0.2, 0.25) is 0 Å². The molecule has 1 saturated heterocycles. The Bertz CT molecular complexity index is 883. The number of aliphatic hydroxyl groups excluding tert-OH is 1. The van der Waals surface area contributed by atoms with Crippen LogP contribution < -0.4 is 10.1 Å². The highest BCUT2D eigenvalue weighted by Crippen LogP contribution is 2.36. The number of ketones is 1. The number of hydrogen-bond donors (Lipinski definition) is 3. The summed E-state index contributed by atoms with van der Waals surface area (Å²) in [6.45, 7) is 1.91. The minimum absolute atomic E-state index is 0.0263. The molecule has 25 heavy (non-hydrogen) atoms. The average molecular weight is 339 g/mol. The van der Waals surface area contributed by atoms with Crippen molar-refractivity contribution in [2.45, 2.75) is 13.0 Å². The molecule has 0 spiro atoms. The molecule has 6 nitrogen and oxygen atoms in total. The van der Waals surface area contributed by atoms with Crippen LogP contribution in [0.1, 0.15) is 22.7 Å². The molecule has 1 heterocycles. The third-order valence-electron chi connectivity index (χ3n) is 4.13. The Morgan fingerprint density at radius 2 is 1.80 bits per heavy atom. The summed E-state index contributed by atoms with van der Waals surface area (Å²) in [4.78, 5) is 24.2. The standard InChI is InChI=1S/C19H17NO5/c1-10-3-5-11(6-4-10)17(22)15-16(20-19(24)18(15)23)12-7-8-13(21)14(9-12)25-2/h3-9,16,21-22H,1-2H3,(H,20,24)/t16-/m1/s1. The van der Waals surface area contributed by atoms with Crippen LogP contribution in [-0.2, 0) is 9.59 Å². The minimum atomic E-state index is -0.823. The van der Waals surface area contributed by atoms with E-state index in [1.807, 2.05) is 6.92 Å². The summed E-state index contributed by atoms with van der Waals surface area (Å²) in [5.41, 5.74) is 1.94. The number of methoxy groups -OCH3 is 1. The maximum absolute atomic E-state index is 12.3. The number of carbonyl (C=O) groups is 2. The first-order valence-corrected chi connectivity index (χ1v) is 7.64. The second kappa shape index (κ2) is 6.32.